The highest BCUT2D eigenvalue weighted by atomic mass is 35.5. The molecule has 0 aliphatic carbocycles. The van der Waals surface area contributed by atoms with Gasteiger partial charge in [-0.1, -0.05) is 41.9 Å². The Morgan fingerprint density at radius 3 is 2.55 bits per heavy atom. The Morgan fingerprint density at radius 2 is 1.91 bits per heavy atom. The van der Waals surface area contributed by atoms with Gasteiger partial charge in [0.05, 0.1) is 23.1 Å². The van der Waals surface area contributed by atoms with Gasteiger partial charge in [0.15, 0.2) is 9.84 Å². The lowest BCUT2D eigenvalue weighted by atomic mass is 10.1. The summed E-state index contributed by atoms with van der Waals surface area (Å²) in [7, 11) is -2.86. The van der Waals surface area contributed by atoms with Gasteiger partial charge in [0.1, 0.15) is 5.75 Å². The maximum atomic E-state index is 11.4. The molecule has 0 amide bonds. The Labute approximate surface area is 135 Å². The van der Waals surface area contributed by atoms with Crippen molar-refractivity contribution in [2.45, 2.75) is 6.42 Å². The summed E-state index contributed by atoms with van der Waals surface area (Å²) in [4.78, 5) is 0. The van der Waals surface area contributed by atoms with Crippen LogP contribution in [-0.4, -0.2) is 26.5 Å². The maximum absolute atomic E-state index is 11.4. The fourth-order valence-electron chi connectivity index (χ4n) is 2.65. The van der Waals surface area contributed by atoms with Gasteiger partial charge in [-0.15, -0.1) is 0 Å². The second-order valence-corrected chi connectivity index (χ2v) is 8.22. The van der Waals surface area contributed by atoms with Gasteiger partial charge < -0.3 is 4.74 Å². The molecule has 5 heteroatoms. The molecule has 0 saturated carbocycles. The SMILES string of the molecule is O=S1(=O)CCC(COc2ccc(-c3ccccc3)c(Cl)c2)C1. The first-order valence-electron chi connectivity index (χ1n) is 7.22. The molecule has 1 heterocycles. The monoisotopic (exact) mass is 336 g/mol. The van der Waals surface area contributed by atoms with E-state index in [1.807, 2.05) is 42.5 Å². The van der Waals surface area contributed by atoms with Crippen molar-refractivity contribution < 1.29 is 13.2 Å². The van der Waals surface area contributed by atoms with E-state index in [1.54, 1.807) is 6.07 Å². The van der Waals surface area contributed by atoms with Crippen molar-refractivity contribution in [3.63, 3.8) is 0 Å². The molecule has 1 atom stereocenters. The van der Waals surface area contributed by atoms with Crippen LogP contribution in [0.2, 0.25) is 5.02 Å². The third-order valence-electron chi connectivity index (χ3n) is 3.84. The quantitative estimate of drug-likeness (QED) is 0.852. The Kier molecular flexibility index (Phi) is 4.41. The molecule has 3 nitrogen and oxygen atoms in total. The number of sulfone groups is 1. The predicted octanol–water partition coefficient (Wildman–Crippen LogP) is 3.82. The van der Waals surface area contributed by atoms with Crippen LogP contribution in [0.4, 0.5) is 0 Å². The van der Waals surface area contributed by atoms with Gasteiger partial charge in [-0.2, -0.15) is 0 Å². The molecule has 1 saturated heterocycles. The van der Waals surface area contributed by atoms with Gasteiger partial charge in [-0.25, -0.2) is 8.42 Å². The normalized spacial score (nSPS) is 20.0. The largest absolute Gasteiger partial charge is 0.493 e. The van der Waals surface area contributed by atoms with Crippen molar-refractivity contribution in [2.75, 3.05) is 18.1 Å². The lowest BCUT2D eigenvalue weighted by molar-refractivity contribution is 0.263. The minimum atomic E-state index is -2.86. The Hall–Kier alpha value is -1.52. The molecule has 0 spiro atoms. The highest BCUT2D eigenvalue weighted by Gasteiger charge is 2.28. The van der Waals surface area contributed by atoms with E-state index in [0.29, 0.717) is 23.8 Å². The minimum absolute atomic E-state index is 0.0811. The number of hydrogen-bond donors (Lipinski definition) is 0. The molecule has 1 fully saturated rings. The lowest BCUT2D eigenvalue weighted by Gasteiger charge is -2.12. The van der Waals surface area contributed by atoms with Crippen LogP contribution in [0.3, 0.4) is 0 Å². The van der Waals surface area contributed by atoms with Crippen LogP contribution in [0.15, 0.2) is 48.5 Å². The number of rotatable bonds is 4. The number of ether oxygens (including phenoxy) is 1. The number of halogens is 1. The summed E-state index contributed by atoms with van der Waals surface area (Å²) >= 11 is 6.33. The standard InChI is InChI=1S/C17H17ClO3S/c18-17-10-15(21-11-13-8-9-22(19,20)12-13)6-7-16(17)14-4-2-1-3-5-14/h1-7,10,13H,8-9,11-12H2. The summed E-state index contributed by atoms with van der Waals surface area (Å²) in [6.45, 7) is 0.417. The molecule has 0 N–H and O–H groups in total. The van der Waals surface area contributed by atoms with E-state index >= 15 is 0 Å². The molecule has 22 heavy (non-hydrogen) atoms. The summed E-state index contributed by atoms with van der Waals surface area (Å²) in [6, 6.07) is 15.5. The average Bonchev–Trinajstić information content (AvgIpc) is 2.85. The van der Waals surface area contributed by atoms with Crippen molar-refractivity contribution in [3.05, 3.63) is 53.6 Å². The first kappa shape index (κ1) is 15.4. The highest BCUT2D eigenvalue weighted by Crippen LogP contribution is 2.31. The third kappa shape index (κ3) is 3.62. The molecule has 2 aromatic carbocycles. The van der Waals surface area contributed by atoms with Crippen LogP contribution >= 0.6 is 11.6 Å². The topological polar surface area (TPSA) is 43.4 Å². The molecule has 2 aromatic rings. The molecular formula is C17H17ClO3S. The second kappa shape index (κ2) is 6.31. The summed E-state index contributed by atoms with van der Waals surface area (Å²) in [5.41, 5.74) is 2.01. The molecule has 1 unspecified atom stereocenters. The highest BCUT2D eigenvalue weighted by molar-refractivity contribution is 7.91. The minimum Gasteiger partial charge on any atom is -0.493 e. The summed E-state index contributed by atoms with van der Waals surface area (Å²) < 4.78 is 28.6. The molecule has 3 rings (SSSR count). The van der Waals surface area contributed by atoms with Crippen LogP contribution in [0.1, 0.15) is 6.42 Å². The molecule has 116 valence electrons. The van der Waals surface area contributed by atoms with Gasteiger partial charge >= 0.3 is 0 Å². The van der Waals surface area contributed by atoms with Gasteiger partial charge in [0.25, 0.3) is 0 Å². The van der Waals surface area contributed by atoms with Crippen LogP contribution in [0.25, 0.3) is 11.1 Å². The number of benzene rings is 2. The Balaban J connectivity index is 1.68. The first-order valence-corrected chi connectivity index (χ1v) is 9.42. The van der Waals surface area contributed by atoms with Crippen molar-refractivity contribution in [1.82, 2.24) is 0 Å². The zero-order valence-corrected chi connectivity index (χ0v) is 13.6. The van der Waals surface area contributed by atoms with Crippen LogP contribution < -0.4 is 4.74 Å². The Bertz CT molecular complexity index is 757. The van der Waals surface area contributed by atoms with E-state index in [9.17, 15) is 8.42 Å². The van der Waals surface area contributed by atoms with Gasteiger partial charge in [0.2, 0.25) is 0 Å². The van der Waals surface area contributed by atoms with Crippen molar-refractivity contribution in [1.29, 1.82) is 0 Å². The van der Waals surface area contributed by atoms with Gasteiger partial charge in [-0.3, -0.25) is 0 Å². The fourth-order valence-corrected chi connectivity index (χ4v) is 4.77. The fraction of sp³-hybridized carbons (Fsp3) is 0.294. The molecule has 0 bridgehead atoms. The first-order chi connectivity index (χ1) is 10.5. The summed E-state index contributed by atoms with van der Waals surface area (Å²) in [6.07, 6.45) is 0.679. The molecular weight excluding hydrogens is 320 g/mol. The van der Waals surface area contributed by atoms with E-state index in [-0.39, 0.29) is 17.4 Å². The predicted molar refractivity (Wildman–Crippen MR) is 89.1 cm³/mol. The average molecular weight is 337 g/mol. The molecule has 1 aliphatic rings. The van der Waals surface area contributed by atoms with Gasteiger partial charge in [-0.05, 0) is 30.2 Å². The van der Waals surface area contributed by atoms with E-state index in [2.05, 4.69) is 0 Å². The van der Waals surface area contributed by atoms with E-state index in [0.717, 1.165) is 11.1 Å². The molecule has 0 radical (unpaired) electrons. The zero-order chi connectivity index (χ0) is 15.6. The third-order valence-corrected chi connectivity index (χ3v) is 5.99. The van der Waals surface area contributed by atoms with E-state index in [1.165, 1.54) is 0 Å². The van der Waals surface area contributed by atoms with Crippen LogP contribution in [0.5, 0.6) is 5.75 Å². The molecule has 1 aliphatic heterocycles. The van der Waals surface area contributed by atoms with Crippen molar-refractivity contribution in [3.8, 4) is 16.9 Å². The second-order valence-electron chi connectivity index (χ2n) is 5.59. The van der Waals surface area contributed by atoms with Crippen molar-refractivity contribution >= 4 is 21.4 Å². The van der Waals surface area contributed by atoms with E-state index in [4.69, 9.17) is 16.3 Å². The van der Waals surface area contributed by atoms with E-state index < -0.39 is 9.84 Å². The Morgan fingerprint density at radius 1 is 1.14 bits per heavy atom. The van der Waals surface area contributed by atoms with Gasteiger partial charge in [0, 0.05) is 11.5 Å². The van der Waals surface area contributed by atoms with Crippen LogP contribution in [0, 0.1) is 5.92 Å². The number of hydrogen-bond acceptors (Lipinski definition) is 3. The van der Waals surface area contributed by atoms with Crippen molar-refractivity contribution in [2.24, 2.45) is 5.92 Å². The summed E-state index contributed by atoms with van der Waals surface area (Å²) in [5, 5.41) is 0.628. The zero-order valence-electron chi connectivity index (χ0n) is 12.0. The molecule has 0 aromatic heterocycles. The lowest BCUT2D eigenvalue weighted by Crippen LogP contribution is -2.13. The summed E-state index contributed by atoms with van der Waals surface area (Å²) in [5.74, 6) is 1.25. The smallest absolute Gasteiger partial charge is 0.150 e. The maximum Gasteiger partial charge on any atom is 0.150 e. The van der Waals surface area contributed by atoms with Crippen LogP contribution in [-0.2, 0) is 9.84 Å².